The molecule has 2 aromatic rings. The van der Waals surface area contributed by atoms with Crippen LogP contribution in [-0.4, -0.2) is 14.6 Å². The van der Waals surface area contributed by atoms with Crippen molar-refractivity contribution < 1.29 is 0 Å². The molecule has 0 spiro atoms. The minimum absolute atomic E-state index is 0.0568. The van der Waals surface area contributed by atoms with Gasteiger partial charge in [0.2, 0.25) is 0 Å². The number of fused-ring (bicyclic) bond motifs is 1. The summed E-state index contributed by atoms with van der Waals surface area (Å²) in [5.74, 6) is 0. The molecule has 68 valence electrons. The Balaban J connectivity index is 3.03. The van der Waals surface area contributed by atoms with Crippen molar-refractivity contribution in [3.05, 3.63) is 33.4 Å². The molecule has 0 bridgehead atoms. The first-order valence-corrected chi connectivity index (χ1v) is 4.15. The largest absolute Gasteiger partial charge is 0.294 e. The van der Waals surface area contributed by atoms with Gasteiger partial charge in [0.25, 0.3) is 5.56 Å². The van der Waals surface area contributed by atoms with Gasteiger partial charge in [-0.05, 0) is 20.8 Å². The molecule has 1 N–H and O–H groups in total. The Bertz CT molecular complexity index is 521. The van der Waals surface area contributed by atoms with Crippen LogP contribution in [0.2, 0.25) is 0 Å². The fraction of sp³-hybridized carbons (Fsp3) is 0.333. The van der Waals surface area contributed by atoms with Crippen molar-refractivity contribution in [3.8, 4) is 0 Å². The van der Waals surface area contributed by atoms with Gasteiger partial charge in [-0.25, -0.2) is 9.50 Å². The number of aromatic amines is 1. The zero-order valence-corrected chi connectivity index (χ0v) is 7.88. The molecule has 4 nitrogen and oxygen atoms in total. The Hall–Kier alpha value is -1.58. The van der Waals surface area contributed by atoms with Crippen LogP contribution >= 0.6 is 0 Å². The second kappa shape index (κ2) is 2.45. The summed E-state index contributed by atoms with van der Waals surface area (Å²) >= 11 is 0. The van der Waals surface area contributed by atoms with Gasteiger partial charge in [-0.2, -0.15) is 0 Å². The standard InChI is InChI=1S/C9H11N3O/c1-5-4-8(13)12-9(10-5)6(2)7(3)11-12/h4,11H,1-3H3. The fourth-order valence-corrected chi connectivity index (χ4v) is 1.38. The quantitative estimate of drug-likeness (QED) is 0.651. The van der Waals surface area contributed by atoms with E-state index in [-0.39, 0.29) is 5.56 Å². The van der Waals surface area contributed by atoms with E-state index in [0.717, 1.165) is 22.6 Å². The second-order valence-electron chi connectivity index (χ2n) is 3.26. The molecule has 2 aromatic heterocycles. The normalized spacial score (nSPS) is 11.0. The van der Waals surface area contributed by atoms with Gasteiger partial charge in [0.1, 0.15) is 0 Å². The molecule has 0 saturated carbocycles. The minimum atomic E-state index is -0.0568. The molecule has 0 amide bonds. The molecule has 0 aromatic carbocycles. The average Bonchev–Trinajstić information content (AvgIpc) is 2.32. The number of hydrogen-bond acceptors (Lipinski definition) is 2. The minimum Gasteiger partial charge on any atom is -0.294 e. The number of hydrogen-bond donors (Lipinski definition) is 1. The summed E-state index contributed by atoms with van der Waals surface area (Å²) in [6.45, 7) is 5.70. The van der Waals surface area contributed by atoms with E-state index in [9.17, 15) is 4.79 Å². The SMILES string of the molecule is Cc1cc(=O)n2[nH]c(C)c(C)c2n1. The molecule has 0 aliphatic rings. The molecule has 0 unspecified atom stereocenters. The first-order valence-electron chi connectivity index (χ1n) is 4.15. The summed E-state index contributed by atoms with van der Waals surface area (Å²) in [5, 5.41) is 2.96. The van der Waals surface area contributed by atoms with E-state index in [0.29, 0.717) is 0 Å². The maximum absolute atomic E-state index is 11.5. The van der Waals surface area contributed by atoms with Crippen molar-refractivity contribution in [3.63, 3.8) is 0 Å². The van der Waals surface area contributed by atoms with Crippen molar-refractivity contribution in [2.45, 2.75) is 20.8 Å². The Morgan fingerprint density at radius 2 is 2.08 bits per heavy atom. The highest BCUT2D eigenvalue weighted by atomic mass is 16.1. The van der Waals surface area contributed by atoms with Crippen LogP contribution in [0.3, 0.4) is 0 Å². The molecule has 0 fully saturated rings. The van der Waals surface area contributed by atoms with Gasteiger partial charge in [-0.3, -0.25) is 9.89 Å². The second-order valence-corrected chi connectivity index (χ2v) is 3.26. The van der Waals surface area contributed by atoms with E-state index in [1.807, 2.05) is 20.8 Å². The molecule has 2 rings (SSSR count). The highest BCUT2D eigenvalue weighted by Gasteiger charge is 2.06. The number of nitrogens with zero attached hydrogens (tertiary/aromatic N) is 2. The molecule has 13 heavy (non-hydrogen) atoms. The van der Waals surface area contributed by atoms with Gasteiger partial charge in [-0.15, -0.1) is 0 Å². The molecule has 2 heterocycles. The van der Waals surface area contributed by atoms with Gasteiger partial charge in [0.15, 0.2) is 5.65 Å². The Kier molecular flexibility index (Phi) is 1.52. The molecule has 0 radical (unpaired) electrons. The predicted octanol–water partition coefficient (Wildman–Crippen LogP) is 0.948. The Morgan fingerprint density at radius 1 is 1.38 bits per heavy atom. The van der Waals surface area contributed by atoms with E-state index in [1.165, 1.54) is 10.6 Å². The van der Waals surface area contributed by atoms with Crippen LogP contribution in [0.1, 0.15) is 17.0 Å². The lowest BCUT2D eigenvalue weighted by Gasteiger charge is -1.93. The van der Waals surface area contributed by atoms with Crippen molar-refractivity contribution in [2.24, 2.45) is 0 Å². The zero-order chi connectivity index (χ0) is 9.59. The van der Waals surface area contributed by atoms with E-state index < -0.39 is 0 Å². The summed E-state index contributed by atoms with van der Waals surface area (Å²) < 4.78 is 1.47. The van der Waals surface area contributed by atoms with Crippen LogP contribution in [0.15, 0.2) is 10.9 Å². The smallest absolute Gasteiger partial charge is 0.272 e. The van der Waals surface area contributed by atoms with Crippen molar-refractivity contribution >= 4 is 5.65 Å². The van der Waals surface area contributed by atoms with Crippen molar-refractivity contribution in [1.82, 2.24) is 14.6 Å². The number of aryl methyl sites for hydroxylation is 3. The molecule has 0 atom stereocenters. The summed E-state index contributed by atoms with van der Waals surface area (Å²) in [5.41, 5.74) is 3.43. The third-order valence-electron chi connectivity index (χ3n) is 2.22. The Labute approximate surface area is 75.2 Å². The monoisotopic (exact) mass is 177 g/mol. The topological polar surface area (TPSA) is 50.2 Å². The third-order valence-corrected chi connectivity index (χ3v) is 2.22. The third kappa shape index (κ3) is 1.06. The lowest BCUT2D eigenvalue weighted by Crippen LogP contribution is -2.14. The lowest BCUT2D eigenvalue weighted by atomic mass is 10.3. The highest BCUT2D eigenvalue weighted by molar-refractivity contribution is 5.48. The molecule has 0 aliphatic heterocycles. The maximum Gasteiger partial charge on any atom is 0.272 e. The summed E-state index contributed by atoms with van der Waals surface area (Å²) in [6, 6.07) is 1.52. The molecule has 4 heteroatoms. The van der Waals surface area contributed by atoms with Crippen LogP contribution in [0.4, 0.5) is 0 Å². The van der Waals surface area contributed by atoms with Crippen LogP contribution in [0.5, 0.6) is 0 Å². The average molecular weight is 177 g/mol. The van der Waals surface area contributed by atoms with Crippen LogP contribution < -0.4 is 5.56 Å². The van der Waals surface area contributed by atoms with Gasteiger partial charge < -0.3 is 0 Å². The zero-order valence-electron chi connectivity index (χ0n) is 7.88. The van der Waals surface area contributed by atoms with Crippen LogP contribution in [0.25, 0.3) is 5.65 Å². The molecular weight excluding hydrogens is 166 g/mol. The van der Waals surface area contributed by atoms with Crippen molar-refractivity contribution in [2.75, 3.05) is 0 Å². The molecule has 0 saturated heterocycles. The summed E-state index contributed by atoms with van der Waals surface area (Å²) in [6.07, 6.45) is 0. The van der Waals surface area contributed by atoms with Gasteiger partial charge >= 0.3 is 0 Å². The fourth-order valence-electron chi connectivity index (χ4n) is 1.38. The summed E-state index contributed by atoms with van der Waals surface area (Å²) in [4.78, 5) is 15.7. The highest BCUT2D eigenvalue weighted by Crippen LogP contribution is 2.09. The maximum atomic E-state index is 11.5. The predicted molar refractivity (Wildman–Crippen MR) is 50.0 cm³/mol. The van der Waals surface area contributed by atoms with E-state index in [2.05, 4.69) is 10.1 Å². The number of nitrogens with one attached hydrogen (secondary N) is 1. The van der Waals surface area contributed by atoms with E-state index in [4.69, 9.17) is 0 Å². The molecular formula is C9H11N3O. The van der Waals surface area contributed by atoms with E-state index >= 15 is 0 Å². The lowest BCUT2D eigenvalue weighted by molar-refractivity contribution is 0.873. The van der Waals surface area contributed by atoms with E-state index in [1.54, 1.807) is 0 Å². The number of aromatic nitrogens is 3. The van der Waals surface area contributed by atoms with Gasteiger partial charge in [0, 0.05) is 23.0 Å². The number of rotatable bonds is 0. The Morgan fingerprint density at radius 3 is 2.77 bits per heavy atom. The first-order chi connectivity index (χ1) is 6.09. The number of H-pyrrole nitrogens is 1. The van der Waals surface area contributed by atoms with Crippen LogP contribution in [-0.2, 0) is 0 Å². The summed E-state index contributed by atoms with van der Waals surface area (Å²) in [7, 11) is 0. The van der Waals surface area contributed by atoms with Gasteiger partial charge in [-0.1, -0.05) is 0 Å². The van der Waals surface area contributed by atoms with Gasteiger partial charge in [0.05, 0.1) is 0 Å². The first kappa shape index (κ1) is 8.04. The van der Waals surface area contributed by atoms with Crippen molar-refractivity contribution in [1.29, 1.82) is 0 Å². The molecule has 0 aliphatic carbocycles. The van der Waals surface area contributed by atoms with Crippen LogP contribution in [0, 0.1) is 20.8 Å².